The summed E-state index contributed by atoms with van der Waals surface area (Å²) in [6.45, 7) is 9.70. The molecule has 1 N–H and O–H groups in total. The van der Waals surface area contributed by atoms with Gasteiger partial charge in [0.1, 0.15) is 0 Å². The average molecular weight is 230 g/mol. The van der Waals surface area contributed by atoms with E-state index in [9.17, 15) is 0 Å². The summed E-state index contributed by atoms with van der Waals surface area (Å²) in [5, 5.41) is 3.35. The summed E-state index contributed by atoms with van der Waals surface area (Å²) >= 11 is 2.09. The Balaban J connectivity index is 2.40. The first-order valence-electron chi connectivity index (χ1n) is 6.15. The first kappa shape index (κ1) is 13.3. The summed E-state index contributed by atoms with van der Waals surface area (Å²) in [6, 6.07) is 0. The summed E-state index contributed by atoms with van der Waals surface area (Å²) in [5.41, 5.74) is 0.464. The molecule has 0 aromatic heterocycles. The van der Waals surface area contributed by atoms with E-state index in [1.54, 1.807) is 0 Å². The molecular weight excluding hydrogens is 204 g/mol. The minimum atomic E-state index is 0.464. The molecule has 1 saturated heterocycles. The minimum absolute atomic E-state index is 0.464. The topological polar surface area (TPSA) is 15.3 Å². The molecule has 1 aliphatic rings. The maximum atomic E-state index is 3.35. The molecule has 1 fully saturated rings. The van der Waals surface area contributed by atoms with Gasteiger partial charge in [-0.3, -0.25) is 0 Å². The lowest BCUT2D eigenvalue weighted by atomic mass is 9.85. The van der Waals surface area contributed by atoms with Gasteiger partial charge in [0, 0.05) is 37.7 Å². The molecule has 0 aromatic rings. The third-order valence-electron chi connectivity index (χ3n) is 3.17. The van der Waals surface area contributed by atoms with E-state index in [0.29, 0.717) is 5.41 Å². The Morgan fingerprint density at radius 2 is 2.00 bits per heavy atom. The van der Waals surface area contributed by atoms with Crippen LogP contribution in [-0.2, 0) is 0 Å². The molecule has 0 spiro atoms. The Hall–Kier alpha value is 0.270. The van der Waals surface area contributed by atoms with Crippen molar-refractivity contribution in [1.82, 2.24) is 10.2 Å². The van der Waals surface area contributed by atoms with Crippen molar-refractivity contribution in [2.75, 3.05) is 44.7 Å². The van der Waals surface area contributed by atoms with E-state index in [1.165, 1.54) is 44.0 Å². The van der Waals surface area contributed by atoms with Crippen molar-refractivity contribution in [2.45, 2.75) is 26.7 Å². The second kappa shape index (κ2) is 6.77. The first-order valence-corrected chi connectivity index (χ1v) is 7.30. The predicted octanol–water partition coefficient (Wildman–Crippen LogP) is 2.06. The van der Waals surface area contributed by atoms with Gasteiger partial charge in [0.2, 0.25) is 0 Å². The monoisotopic (exact) mass is 230 g/mol. The number of hydrogen-bond acceptors (Lipinski definition) is 3. The van der Waals surface area contributed by atoms with Crippen LogP contribution in [0.25, 0.3) is 0 Å². The van der Waals surface area contributed by atoms with E-state index >= 15 is 0 Å². The number of nitrogens with one attached hydrogen (secondary N) is 1. The molecule has 1 atom stereocenters. The van der Waals surface area contributed by atoms with Crippen molar-refractivity contribution in [2.24, 2.45) is 5.41 Å². The lowest BCUT2D eigenvalue weighted by Crippen LogP contribution is -2.44. The molecule has 1 unspecified atom stereocenters. The van der Waals surface area contributed by atoms with Crippen molar-refractivity contribution >= 4 is 11.8 Å². The lowest BCUT2D eigenvalue weighted by molar-refractivity contribution is 0.162. The number of rotatable bonds is 6. The van der Waals surface area contributed by atoms with Gasteiger partial charge in [-0.1, -0.05) is 20.3 Å². The SMILES string of the molecule is CCCC(C)(CNC)CN1CCSCC1. The summed E-state index contributed by atoms with van der Waals surface area (Å²) in [5.74, 6) is 2.64. The highest BCUT2D eigenvalue weighted by atomic mass is 32.2. The quantitative estimate of drug-likeness (QED) is 0.752. The highest BCUT2D eigenvalue weighted by molar-refractivity contribution is 7.99. The van der Waals surface area contributed by atoms with Crippen LogP contribution in [0.5, 0.6) is 0 Å². The van der Waals surface area contributed by atoms with Crippen molar-refractivity contribution in [3.8, 4) is 0 Å². The van der Waals surface area contributed by atoms with Gasteiger partial charge in [-0.25, -0.2) is 0 Å². The van der Waals surface area contributed by atoms with Gasteiger partial charge in [0.25, 0.3) is 0 Å². The van der Waals surface area contributed by atoms with Crippen LogP contribution in [0, 0.1) is 5.41 Å². The van der Waals surface area contributed by atoms with E-state index in [-0.39, 0.29) is 0 Å². The van der Waals surface area contributed by atoms with Crippen LogP contribution in [0.2, 0.25) is 0 Å². The van der Waals surface area contributed by atoms with Crippen LogP contribution in [0.1, 0.15) is 26.7 Å². The average Bonchev–Trinajstić information content (AvgIpc) is 2.19. The molecule has 2 nitrogen and oxygen atoms in total. The largest absolute Gasteiger partial charge is 0.319 e. The fourth-order valence-corrected chi connectivity index (χ4v) is 3.53. The fraction of sp³-hybridized carbons (Fsp3) is 1.00. The molecule has 0 radical (unpaired) electrons. The molecule has 0 aliphatic carbocycles. The molecular formula is C12H26N2S. The van der Waals surface area contributed by atoms with Crippen LogP contribution < -0.4 is 5.32 Å². The number of thioether (sulfide) groups is 1. The van der Waals surface area contributed by atoms with E-state index in [4.69, 9.17) is 0 Å². The first-order chi connectivity index (χ1) is 7.20. The van der Waals surface area contributed by atoms with Crippen molar-refractivity contribution in [3.05, 3.63) is 0 Å². The third kappa shape index (κ3) is 4.75. The van der Waals surface area contributed by atoms with Gasteiger partial charge in [-0.15, -0.1) is 0 Å². The van der Waals surface area contributed by atoms with Crippen LogP contribution >= 0.6 is 11.8 Å². The zero-order chi connectivity index (χ0) is 11.1. The van der Waals surface area contributed by atoms with E-state index in [2.05, 4.69) is 42.9 Å². The Bertz CT molecular complexity index is 161. The highest BCUT2D eigenvalue weighted by Crippen LogP contribution is 2.25. The Labute approximate surface area is 99.2 Å². The fourth-order valence-electron chi connectivity index (χ4n) is 2.55. The Morgan fingerprint density at radius 1 is 1.33 bits per heavy atom. The maximum Gasteiger partial charge on any atom is 0.00729 e. The lowest BCUT2D eigenvalue weighted by Gasteiger charge is -2.37. The Kier molecular flexibility index (Phi) is 6.02. The standard InChI is InChI=1S/C12H26N2S/c1-4-5-12(2,10-13-3)11-14-6-8-15-9-7-14/h13H,4-11H2,1-3H3. The second-order valence-corrected chi connectivity index (χ2v) is 6.20. The van der Waals surface area contributed by atoms with Crippen molar-refractivity contribution < 1.29 is 0 Å². The Morgan fingerprint density at radius 3 is 2.53 bits per heavy atom. The maximum absolute atomic E-state index is 3.35. The smallest absolute Gasteiger partial charge is 0.00729 e. The van der Waals surface area contributed by atoms with Gasteiger partial charge in [0.05, 0.1) is 0 Å². The molecule has 3 heteroatoms. The summed E-state index contributed by atoms with van der Waals surface area (Å²) < 4.78 is 0. The van der Waals surface area contributed by atoms with Gasteiger partial charge < -0.3 is 10.2 Å². The van der Waals surface area contributed by atoms with Gasteiger partial charge >= 0.3 is 0 Å². The molecule has 1 aliphatic heterocycles. The van der Waals surface area contributed by atoms with Gasteiger partial charge in [-0.2, -0.15) is 11.8 Å². The van der Waals surface area contributed by atoms with E-state index < -0.39 is 0 Å². The van der Waals surface area contributed by atoms with E-state index in [0.717, 1.165) is 6.54 Å². The highest BCUT2D eigenvalue weighted by Gasteiger charge is 2.26. The second-order valence-electron chi connectivity index (χ2n) is 4.98. The van der Waals surface area contributed by atoms with Crippen LogP contribution in [0.4, 0.5) is 0 Å². The number of nitrogens with zero attached hydrogens (tertiary/aromatic N) is 1. The molecule has 1 heterocycles. The summed E-state index contributed by atoms with van der Waals surface area (Å²) in [7, 11) is 2.07. The molecule has 0 bridgehead atoms. The van der Waals surface area contributed by atoms with E-state index in [1.807, 2.05) is 0 Å². The van der Waals surface area contributed by atoms with Gasteiger partial charge in [-0.05, 0) is 18.9 Å². The zero-order valence-electron chi connectivity index (χ0n) is 10.5. The molecule has 1 rings (SSSR count). The van der Waals surface area contributed by atoms with Gasteiger partial charge in [0.15, 0.2) is 0 Å². The molecule has 0 aromatic carbocycles. The third-order valence-corrected chi connectivity index (χ3v) is 4.11. The van der Waals surface area contributed by atoms with Crippen LogP contribution in [0.15, 0.2) is 0 Å². The zero-order valence-corrected chi connectivity index (χ0v) is 11.3. The normalized spacial score (nSPS) is 22.6. The number of hydrogen-bond donors (Lipinski definition) is 1. The predicted molar refractivity (Wildman–Crippen MR) is 70.7 cm³/mol. The molecule has 15 heavy (non-hydrogen) atoms. The minimum Gasteiger partial charge on any atom is -0.319 e. The molecule has 0 saturated carbocycles. The van der Waals surface area contributed by atoms with Crippen molar-refractivity contribution in [1.29, 1.82) is 0 Å². The van der Waals surface area contributed by atoms with Crippen LogP contribution in [-0.4, -0.2) is 49.6 Å². The molecule has 0 amide bonds. The summed E-state index contributed by atoms with van der Waals surface area (Å²) in [4.78, 5) is 2.64. The van der Waals surface area contributed by atoms with Crippen LogP contribution in [0.3, 0.4) is 0 Å². The summed E-state index contributed by atoms with van der Waals surface area (Å²) in [6.07, 6.45) is 2.62. The molecule has 90 valence electrons. The van der Waals surface area contributed by atoms with Crippen molar-refractivity contribution in [3.63, 3.8) is 0 Å².